The van der Waals surface area contributed by atoms with Crippen molar-refractivity contribution in [3.05, 3.63) is 12.7 Å². The maximum atomic E-state index is 5.49. The number of rotatable bonds is 8. The van der Waals surface area contributed by atoms with Gasteiger partial charge in [0, 0.05) is 19.7 Å². The Hall–Kier alpha value is -0.340. The van der Waals surface area contributed by atoms with E-state index in [2.05, 4.69) is 11.9 Å². The highest BCUT2D eigenvalue weighted by Gasteiger charge is 2.16. The Balaban J connectivity index is 1.70. The van der Waals surface area contributed by atoms with E-state index in [1.54, 1.807) is 0 Å². The molecular formula is C11H21NO. The zero-order valence-corrected chi connectivity index (χ0v) is 8.43. The molecule has 1 rings (SSSR count). The predicted molar refractivity (Wildman–Crippen MR) is 55.8 cm³/mol. The van der Waals surface area contributed by atoms with Gasteiger partial charge in [0.15, 0.2) is 0 Å². The lowest BCUT2D eigenvalue weighted by atomic mass is 9.83. The van der Waals surface area contributed by atoms with Gasteiger partial charge in [-0.3, -0.25) is 0 Å². The molecule has 0 aliphatic heterocycles. The molecule has 0 saturated heterocycles. The molecule has 1 saturated carbocycles. The van der Waals surface area contributed by atoms with Crippen molar-refractivity contribution in [1.82, 2.24) is 5.32 Å². The standard InChI is InChI=1S/C11H21NO/c1-2-7-12-8-10-13-9-6-11-4-3-5-11/h2,11-12H,1,3-10H2. The number of ether oxygens (including phenoxy) is 1. The first-order valence-corrected chi connectivity index (χ1v) is 5.33. The number of hydrogen-bond acceptors (Lipinski definition) is 2. The summed E-state index contributed by atoms with van der Waals surface area (Å²) < 4.78 is 5.49. The lowest BCUT2D eigenvalue weighted by Gasteiger charge is -2.24. The van der Waals surface area contributed by atoms with Crippen molar-refractivity contribution in [3.63, 3.8) is 0 Å². The number of nitrogens with one attached hydrogen (secondary N) is 1. The van der Waals surface area contributed by atoms with Crippen LogP contribution < -0.4 is 5.32 Å². The minimum absolute atomic E-state index is 0.834. The van der Waals surface area contributed by atoms with E-state index in [0.29, 0.717) is 0 Å². The SMILES string of the molecule is C=CCNCCOCCC1CCC1. The fourth-order valence-corrected chi connectivity index (χ4v) is 1.48. The van der Waals surface area contributed by atoms with E-state index >= 15 is 0 Å². The van der Waals surface area contributed by atoms with Crippen molar-refractivity contribution >= 4 is 0 Å². The summed E-state index contributed by atoms with van der Waals surface area (Å²) in [4.78, 5) is 0. The molecule has 1 N–H and O–H groups in total. The minimum atomic E-state index is 0.834. The Labute approximate surface area is 81.4 Å². The minimum Gasteiger partial charge on any atom is -0.380 e. The highest BCUT2D eigenvalue weighted by molar-refractivity contribution is 4.70. The largest absolute Gasteiger partial charge is 0.380 e. The molecule has 13 heavy (non-hydrogen) atoms. The molecule has 0 atom stereocenters. The first kappa shape index (κ1) is 10.7. The quantitative estimate of drug-likeness (QED) is 0.459. The smallest absolute Gasteiger partial charge is 0.0591 e. The van der Waals surface area contributed by atoms with Gasteiger partial charge in [-0.1, -0.05) is 25.3 Å². The monoisotopic (exact) mass is 183 g/mol. The van der Waals surface area contributed by atoms with Gasteiger partial charge in [-0.05, 0) is 12.3 Å². The van der Waals surface area contributed by atoms with Crippen molar-refractivity contribution in [2.45, 2.75) is 25.7 Å². The molecule has 0 spiro atoms. The Kier molecular flexibility index (Phi) is 5.87. The first-order chi connectivity index (χ1) is 6.43. The van der Waals surface area contributed by atoms with Crippen molar-refractivity contribution in [2.24, 2.45) is 5.92 Å². The fraction of sp³-hybridized carbons (Fsp3) is 0.818. The lowest BCUT2D eigenvalue weighted by molar-refractivity contribution is 0.109. The normalized spacial score (nSPS) is 16.9. The molecule has 0 aromatic carbocycles. The van der Waals surface area contributed by atoms with E-state index in [-0.39, 0.29) is 0 Å². The maximum absolute atomic E-state index is 5.49. The van der Waals surface area contributed by atoms with Gasteiger partial charge < -0.3 is 10.1 Å². The van der Waals surface area contributed by atoms with Gasteiger partial charge in [0.25, 0.3) is 0 Å². The van der Waals surface area contributed by atoms with Gasteiger partial charge in [0.1, 0.15) is 0 Å². The second kappa shape index (κ2) is 7.10. The Bertz CT molecular complexity index is 132. The van der Waals surface area contributed by atoms with Gasteiger partial charge in [0.05, 0.1) is 6.61 Å². The van der Waals surface area contributed by atoms with Gasteiger partial charge in [-0.15, -0.1) is 6.58 Å². The summed E-state index contributed by atoms with van der Waals surface area (Å²) in [5, 5.41) is 3.21. The van der Waals surface area contributed by atoms with Crippen molar-refractivity contribution in [3.8, 4) is 0 Å². The van der Waals surface area contributed by atoms with Crippen LogP contribution in [0.2, 0.25) is 0 Å². The van der Waals surface area contributed by atoms with Crippen LogP contribution >= 0.6 is 0 Å². The fourth-order valence-electron chi connectivity index (χ4n) is 1.48. The first-order valence-electron chi connectivity index (χ1n) is 5.33. The average Bonchev–Trinajstić information content (AvgIpc) is 2.07. The van der Waals surface area contributed by atoms with Gasteiger partial charge in [0.2, 0.25) is 0 Å². The van der Waals surface area contributed by atoms with Crippen LogP contribution in [0.3, 0.4) is 0 Å². The molecule has 0 bridgehead atoms. The second-order valence-corrected chi connectivity index (χ2v) is 3.69. The van der Waals surface area contributed by atoms with Crippen LogP contribution in [0.4, 0.5) is 0 Å². The molecule has 0 heterocycles. The average molecular weight is 183 g/mol. The molecule has 2 nitrogen and oxygen atoms in total. The summed E-state index contributed by atoms with van der Waals surface area (Å²) in [7, 11) is 0. The van der Waals surface area contributed by atoms with Crippen LogP contribution in [0.5, 0.6) is 0 Å². The zero-order chi connectivity index (χ0) is 9.36. The van der Waals surface area contributed by atoms with E-state index in [0.717, 1.165) is 32.2 Å². The van der Waals surface area contributed by atoms with Gasteiger partial charge >= 0.3 is 0 Å². The Morgan fingerprint density at radius 3 is 2.85 bits per heavy atom. The van der Waals surface area contributed by atoms with Crippen molar-refractivity contribution < 1.29 is 4.74 Å². The Morgan fingerprint density at radius 2 is 2.23 bits per heavy atom. The summed E-state index contributed by atoms with van der Waals surface area (Å²) in [6.07, 6.45) is 7.43. The van der Waals surface area contributed by atoms with Crippen LogP contribution in [0.25, 0.3) is 0 Å². The third-order valence-electron chi connectivity index (χ3n) is 2.61. The molecule has 0 radical (unpaired) electrons. The molecule has 1 aliphatic rings. The van der Waals surface area contributed by atoms with Crippen LogP contribution in [-0.4, -0.2) is 26.3 Å². The molecule has 0 aromatic heterocycles. The molecule has 2 heteroatoms. The second-order valence-electron chi connectivity index (χ2n) is 3.69. The van der Waals surface area contributed by atoms with Crippen molar-refractivity contribution in [1.29, 1.82) is 0 Å². The van der Waals surface area contributed by atoms with Gasteiger partial charge in [-0.2, -0.15) is 0 Å². The summed E-state index contributed by atoms with van der Waals surface area (Å²) in [6.45, 7) is 7.23. The van der Waals surface area contributed by atoms with Crippen LogP contribution in [0.1, 0.15) is 25.7 Å². The topological polar surface area (TPSA) is 21.3 Å². The summed E-state index contributed by atoms with van der Waals surface area (Å²) in [5.74, 6) is 0.973. The van der Waals surface area contributed by atoms with Crippen molar-refractivity contribution in [2.75, 3.05) is 26.3 Å². The molecule has 0 unspecified atom stereocenters. The van der Waals surface area contributed by atoms with Crippen LogP contribution in [-0.2, 0) is 4.74 Å². The highest BCUT2D eigenvalue weighted by atomic mass is 16.5. The molecular weight excluding hydrogens is 162 g/mol. The summed E-state index contributed by atoms with van der Waals surface area (Å²) in [6, 6.07) is 0. The van der Waals surface area contributed by atoms with Gasteiger partial charge in [-0.25, -0.2) is 0 Å². The third-order valence-corrected chi connectivity index (χ3v) is 2.61. The predicted octanol–water partition coefficient (Wildman–Crippen LogP) is 1.97. The lowest BCUT2D eigenvalue weighted by Crippen LogP contribution is -2.20. The number of hydrogen-bond donors (Lipinski definition) is 1. The zero-order valence-electron chi connectivity index (χ0n) is 8.43. The maximum Gasteiger partial charge on any atom is 0.0591 e. The summed E-state index contributed by atoms with van der Waals surface area (Å²) >= 11 is 0. The molecule has 1 aliphatic carbocycles. The van der Waals surface area contributed by atoms with E-state index in [4.69, 9.17) is 4.74 Å². The molecule has 0 aromatic rings. The van der Waals surface area contributed by atoms with E-state index in [1.165, 1.54) is 25.7 Å². The van der Waals surface area contributed by atoms with Crippen LogP contribution in [0.15, 0.2) is 12.7 Å². The molecule has 76 valence electrons. The summed E-state index contributed by atoms with van der Waals surface area (Å²) in [5.41, 5.74) is 0. The van der Waals surface area contributed by atoms with E-state index < -0.39 is 0 Å². The highest BCUT2D eigenvalue weighted by Crippen LogP contribution is 2.28. The van der Waals surface area contributed by atoms with E-state index in [9.17, 15) is 0 Å². The Morgan fingerprint density at radius 1 is 1.38 bits per heavy atom. The van der Waals surface area contributed by atoms with Crippen LogP contribution in [0, 0.1) is 5.92 Å². The molecule has 0 amide bonds. The van der Waals surface area contributed by atoms with E-state index in [1.807, 2.05) is 6.08 Å². The third kappa shape index (κ3) is 5.06. The molecule has 1 fully saturated rings.